The molecule has 11 nitrogen and oxygen atoms in total. The Morgan fingerprint density at radius 3 is 2.51 bits per heavy atom. The molecule has 0 fully saturated rings. The highest BCUT2D eigenvalue weighted by Crippen LogP contribution is 2.29. The van der Waals surface area contributed by atoms with Gasteiger partial charge >= 0.3 is 6.09 Å². The molecular weight excluding hydrogens is 566 g/mol. The number of nitrogens with one attached hydrogen (secondary N) is 2. The highest BCUT2D eigenvalue weighted by molar-refractivity contribution is 9.10. The van der Waals surface area contributed by atoms with Gasteiger partial charge in [0.05, 0.1) is 12.6 Å². The zero-order valence-electron chi connectivity index (χ0n) is 22.8. The van der Waals surface area contributed by atoms with E-state index in [4.69, 9.17) is 24.5 Å². The average molecular weight is 599 g/mol. The minimum absolute atomic E-state index is 0.259. The van der Waals surface area contributed by atoms with Gasteiger partial charge in [-0.05, 0) is 80.0 Å². The van der Waals surface area contributed by atoms with Crippen LogP contribution >= 0.6 is 15.9 Å². The minimum atomic E-state index is -0.652. The van der Waals surface area contributed by atoms with Crippen molar-refractivity contribution in [3.63, 3.8) is 0 Å². The van der Waals surface area contributed by atoms with Crippen molar-refractivity contribution < 1.29 is 19.1 Å². The predicted molar refractivity (Wildman–Crippen MR) is 153 cm³/mol. The Labute approximate surface area is 235 Å². The molecule has 206 valence electrons. The Kier molecular flexibility index (Phi) is 8.24. The van der Waals surface area contributed by atoms with Gasteiger partial charge in [0.25, 0.3) is 0 Å². The summed E-state index contributed by atoms with van der Waals surface area (Å²) in [4.78, 5) is 36.0. The summed E-state index contributed by atoms with van der Waals surface area (Å²) in [6.45, 7) is 7.70. The zero-order chi connectivity index (χ0) is 28.3. The van der Waals surface area contributed by atoms with Crippen molar-refractivity contribution in [3.8, 4) is 17.1 Å². The number of fused-ring (bicyclic) bond motifs is 3. The fraction of sp³-hybridized carbons (Fsp3) is 0.370. The zero-order valence-corrected chi connectivity index (χ0v) is 24.4. The molecule has 0 radical (unpaired) electrons. The number of rotatable bonds is 8. The molecule has 0 bridgehead atoms. The fourth-order valence-electron chi connectivity index (χ4n) is 3.74. The van der Waals surface area contributed by atoms with E-state index >= 15 is 0 Å². The summed E-state index contributed by atoms with van der Waals surface area (Å²) >= 11 is 3.57. The van der Waals surface area contributed by atoms with Gasteiger partial charge < -0.3 is 25.0 Å². The summed E-state index contributed by atoms with van der Waals surface area (Å²) in [5, 5.41) is 11.5. The number of ether oxygens (including phenoxy) is 2. The van der Waals surface area contributed by atoms with Crippen molar-refractivity contribution in [1.82, 2.24) is 29.8 Å². The molecule has 2 amide bonds. The molecular formula is C27H32BrN7O4. The van der Waals surface area contributed by atoms with E-state index < -0.39 is 17.7 Å². The molecule has 2 heterocycles. The Hall–Kier alpha value is -3.93. The first-order valence-electron chi connectivity index (χ1n) is 12.4. The van der Waals surface area contributed by atoms with Crippen LogP contribution in [-0.4, -0.2) is 75.4 Å². The van der Waals surface area contributed by atoms with Crippen LogP contribution in [0.2, 0.25) is 0 Å². The molecule has 39 heavy (non-hydrogen) atoms. The Balaban J connectivity index is 1.54. The number of para-hydroxylation sites is 1. The summed E-state index contributed by atoms with van der Waals surface area (Å²) in [6.07, 6.45) is -0.449. The van der Waals surface area contributed by atoms with E-state index in [9.17, 15) is 9.59 Å². The van der Waals surface area contributed by atoms with Crippen molar-refractivity contribution in [2.75, 3.05) is 32.6 Å². The van der Waals surface area contributed by atoms with E-state index in [0.717, 1.165) is 21.2 Å². The molecule has 2 aromatic heterocycles. The van der Waals surface area contributed by atoms with Gasteiger partial charge in [0.1, 0.15) is 17.4 Å². The number of benzene rings is 2. The molecule has 0 aliphatic heterocycles. The average Bonchev–Trinajstić information content (AvgIpc) is 3.34. The van der Waals surface area contributed by atoms with E-state index in [1.807, 2.05) is 42.5 Å². The van der Waals surface area contributed by atoms with Gasteiger partial charge in [-0.25, -0.2) is 14.8 Å². The maximum absolute atomic E-state index is 12.9. The van der Waals surface area contributed by atoms with Gasteiger partial charge in [0, 0.05) is 35.6 Å². The number of methoxy groups -OCH3 is 1. The van der Waals surface area contributed by atoms with Crippen LogP contribution < -0.4 is 15.4 Å². The van der Waals surface area contributed by atoms with Crippen LogP contribution in [-0.2, 0) is 9.53 Å². The van der Waals surface area contributed by atoms with Crippen molar-refractivity contribution in [2.24, 2.45) is 0 Å². The first-order valence-corrected chi connectivity index (χ1v) is 13.2. The largest absolute Gasteiger partial charge is 0.497 e. The first kappa shape index (κ1) is 28.1. The first-order chi connectivity index (χ1) is 18.5. The van der Waals surface area contributed by atoms with Gasteiger partial charge in [-0.3, -0.25) is 4.79 Å². The van der Waals surface area contributed by atoms with E-state index in [2.05, 4.69) is 26.6 Å². The van der Waals surface area contributed by atoms with Crippen molar-refractivity contribution in [1.29, 1.82) is 0 Å². The van der Waals surface area contributed by atoms with Crippen molar-refractivity contribution in [2.45, 2.75) is 39.3 Å². The fourth-order valence-corrected chi connectivity index (χ4v) is 4.20. The molecule has 0 aliphatic rings. The number of halogens is 1. The Bertz CT molecular complexity index is 1500. The SMILES string of the molecule is COc1ccc(-c2nc3c4cccc(Br)c4nc(N[C@H](C)C(=O)NCCN(C)C(=O)OC(C)(C)C)n3n2)cc1. The molecule has 2 N–H and O–H groups in total. The summed E-state index contributed by atoms with van der Waals surface area (Å²) in [5.74, 6) is 1.35. The summed E-state index contributed by atoms with van der Waals surface area (Å²) < 4.78 is 13.0. The van der Waals surface area contributed by atoms with Gasteiger partial charge in [0.15, 0.2) is 11.5 Å². The molecule has 0 unspecified atom stereocenters. The summed E-state index contributed by atoms with van der Waals surface area (Å²) in [6, 6.07) is 12.5. The third-order valence-electron chi connectivity index (χ3n) is 5.79. The normalized spacial score (nSPS) is 12.3. The second kappa shape index (κ2) is 11.4. The molecule has 1 atom stereocenters. The minimum Gasteiger partial charge on any atom is -0.497 e. The third kappa shape index (κ3) is 6.56. The number of amides is 2. The number of nitrogens with zero attached hydrogens (tertiary/aromatic N) is 5. The van der Waals surface area contributed by atoms with E-state index in [1.54, 1.807) is 46.4 Å². The van der Waals surface area contributed by atoms with Gasteiger partial charge in [-0.2, -0.15) is 4.52 Å². The topological polar surface area (TPSA) is 123 Å². The van der Waals surface area contributed by atoms with Crippen LogP contribution in [0.5, 0.6) is 5.75 Å². The van der Waals surface area contributed by atoms with Crippen LogP contribution in [0.1, 0.15) is 27.7 Å². The number of carbonyl (C=O) groups excluding carboxylic acids is 2. The number of hydrogen-bond acceptors (Lipinski definition) is 8. The van der Waals surface area contributed by atoms with Crippen molar-refractivity contribution >= 4 is 50.4 Å². The molecule has 4 aromatic rings. The lowest BCUT2D eigenvalue weighted by molar-refractivity contribution is -0.121. The molecule has 0 saturated heterocycles. The van der Waals surface area contributed by atoms with Crippen LogP contribution in [0.25, 0.3) is 27.9 Å². The maximum atomic E-state index is 12.9. The lowest BCUT2D eigenvalue weighted by Crippen LogP contribution is -2.43. The second-order valence-electron chi connectivity index (χ2n) is 10.0. The van der Waals surface area contributed by atoms with Crippen molar-refractivity contribution in [3.05, 3.63) is 46.9 Å². The number of likely N-dealkylation sites (N-methyl/N-ethyl adjacent to an activating group) is 1. The summed E-state index contributed by atoms with van der Waals surface area (Å²) in [7, 11) is 3.24. The highest BCUT2D eigenvalue weighted by atomic mass is 79.9. The van der Waals surface area contributed by atoms with Crippen LogP contribution in [0.3, 0.4) is 0 Å². The quantitative estimate of drug-likeness (QED) is 0.304. The number of aromatic nitrogens is 4. The van der Waals surface area contributed by atoms with Gasteiger partial charge in [0.2, 0.25) is 11.9 Å². The predicted octanol–water partition coefficient (Wildman–Crippen LogP) is 4.50. The molecule has 0 spiro atoms. The van der Waals surface area contributed by atoms with Gasteiger partial charge in [-0.15, -0.1) is 5.10 Å². The molecule has 12 heteroatoms. The molecule has 2 aromatic carbocycles. The number of carbonyl (C=O) groups is 2. The van der Waals surface area contributed by atoms with Gasteiger partial charge in [-0.1, -0.05) is 6.07 Å². The molecule has 4 rings (SSSR count). The third-order valence-corrected chi connectivity index (χ3v) is 6.43. The maximum Gasteiger partial charge on any atom is 0.410 e. The van der Waals surface area contributed by atoms with Crippen LogP contribution in [0, 0.1) is 0 Å². The van der Waals surface area contributed by atoms with E-state index in [0.29, 0.717) is 29.5 Å². The van der Waals surface area contributed by atoms with Crippen LogP contribution in [0.4, 0.5) is 10.7 Å². The lowest BCUT2D eigenvalue weighted by Gasteiger charge is -2.25. The second-order valence-corrected chi connectivity index (χ2v) is 10.9. The van der Waals surface area contributed by atoms with E-state index in [-0.39, 0.29) is 12.5 Å². The Morgan fingerprint density at radius 1 is 1.13 bits per heavy atom. The number of anilines is 1. The standard InChI is InChI=1S/C27H32BrN7O4/c1-16(24(36)29-14-15-34(5)26(37)39-27(2,3)4)30-25-31-21-19(8-7-9-20(21)28)23-32-22(33-35(23)25)17-10-12-18(38-6)13-11-17/h7-13,16H,14-15H2,1-6H3,(H,29,36)(H,30,31)/t16-/m1/s1. The Morgan fingerprint density at radius 2 is 1.85 bits per heavy atom. The van der Waals surface area contributed by atoms with Crippen LogP contribution in [0.15, 0.2) is 46.9 Å². The van der Waals surface area contributed by atoms with E-state index in [1.165, 1.54) is 4.90 Å². The smallest absolute Gasteiger partial charge is 0.410 e. The monoisotopic (exact) mass is 597 g/mol. The lowest BCUT2D eigenvalue weighted by atomic mass is 10.2. The number of hydrogen-bond donors (Lipinski definition) is 2. The molecule has 0 saturated carbocycles. The molecule has 0 aliphatic carbocycles. The highest BCUT2D eigenvalue weighted by Gasteiger charge is 2.22. The summed E-state index contributed by atoms with van der Waals surface area (Å²) in [5.41, 5.74) is 1.51.